The van der Waals surface area contributed by atoms with Crippen molar-refractivity contribution in [2.45, 2.75) is 40.3 Å². The molecule has 23 heavy (non-hydrogen) atoms. The Labute approximate surface area is 149 Å². The minimum Gasteiger partial charge on any atom is -0.493 e. The van der Waals surface area contributed by atoms with Gasteiger partial charge in [0, 0.05) is 12.6 Å². The Morgan fingerprint density at radius 3 is 2.48 bits per heavy atom. The number of methoxy groups -OCH3 is 1. The lowest BCUT2D eigenvalue weighted by Crippen LogP contribution is -2.37. The number of hydrogen-bond donors (Lipinski definition) is 2. The maximum absolute atomic E-state index is 10.8. The maximum atomic E-state index is 10.8. The lowest BCUT2D eigenvalue weighted by molar-refractivity contribution is -0.119. The zero-order chi connectivity index (χ0) is 16.9. The Balaban J connectivity index is 0.00000484. The molecule has 1 rings (SSSR count). The van der Waals surface area contributed by atoms with Crippen molar-refractivity contribution in [2.24, 2.45) is 11.1 Å². The number of nitrogens with two attached hydrogens (primary N) is 1. The summed E-state index contributed by atoms with van der Waals surface area (Å²) < 4.78 is 10.6. The van der Waals surface area contributed by atoms with Crippen LogP contribution in [0.2, 0.25) is 5.02 Å². The first-order chi connectivity index (χ1) is 10.1. The second kappa shape index (κ2) is 9.21. The van der Waals surface area contributed by atoms with Crippen LogP contribution in [0.15, 0.2) is 12.1 Å². The van der Waals surface area contributed by atoms with Crippen LogP contribution >= 0.6 is 24.0 Å². The summed E-state index contributed by atoms with van der Waals surface area (Å²) in [4.78, 5) is 10.8. The molecule has 0 aromatic heterocycles. The summed E-state index contributed by atoms with van der Waals surface area (Å²) in [6, 6.07) is 3.97. The van der Waals surface area contributed by atoms with E-state index in [9.17, 15) is 4.79 Å². The Morgan fingerprint density at radius 1 is 1.39 bits per heavy atom. The minimum absolute atomic E-state index is 0. The van der Waals surface area contributed by atoms with Crippen LogP contribution in [-0.4, -0.2) is 25.7 Å². The van der Waals surface area contributed by atoms with Gasteiger partial charge in [-0.3, -0.25) is 4.79 Å². The molecule has 0 aliphatic heterocycles. The zero-order valence-corrected chi connectivity index (χ0v) is 15.8. The molecule has 132 valence electrons. The largest absolute Gasteiger partial charge is 0.493 e. The second-order valence-corrected chi connectivity index (χ2v) is 6.74. The first kappa shape index (κ1) is 21.8. The van der Waals surface area contributed by atoms with Crippen LogP contribution in [0.4, 0.5) is 0 Å². The zero-order valence-electron chi connectivity index (χ0n) is 14.2. The van der Waals surface area contributed by atoms with Gasteiger partial charge in [-0.2, -0.15) is 0 Å². The average Bonchev–Trinajstić information content (AvgIpc) is 2.41. The number of halogens is 2. The van der Waals surface area contributed by atoms with E-state index in [1.807, 2.05) is 6.07 Å². The van der Waals surface area contributed by atoms with Crippen LogP contribution in [0.1, 0.15) is 33.3 Å². The molecule has 0 saturated carbocycles. The molecule has 1 aromatic carbocycles. The van der Waals surface area contributed by atoms with Crippen LogP contribution in [0, 0.1) is 5.41 Å². The van der Waals surface area contributed by atoms with Crippen LogP contribution in [0.3, 0.4) is 0 Å². The van der Waals surface area contributed by atoms with Crippen molar-refractivity contribution in [2.75, 3.05) is 13.7 Å². The fourth-order valence-electron chi connectivity index (χ4n) is 1.74. The molecule has 0 saturated heterocycles. The van der Waals surface area contributed by atoms with E-state index >= 15 is 0 Å². The lowest BCUT2D eigenvalue weighted by Gasteiger charge is -2.28. The van der Waals surface area contributed by atoms with E-state index in [0.29, 0.717) is 29.1 Å². The van der Waals surface area contributed by atoms with Gasteiger partial charge in [0.1, 0.15) is 0 Å². The van der Waals surface area contributed by atoms with Crippen LogP contribution in [0.5, 0.6) is 11.5 Å². The molecule has 5 nitrogen and oxygen atoms in total. The summed E-state index contributed by atoms with van der Waals surface area (Å²) in [6.07, 6.45) is 0. The van der Waals surface area contributed by atoms with E-state index < -0.39 is 5.91 Å². The molecule has 0 aliphatic carbocycles. The van der Waals surface area contributed by atoms with E-state index in [-0.39, 0.29) is 24.4 Å². The van der Waals surface area contributed by atoms with Crippen LogP contribution < -0.4 is 20.5 Å². The SMILES string of the molecule is COc1cc(CNC(C)C(C)(C)C)cc(Cl)c1OCC(N)=O.Cl. The summed E-state index contributed by atoms with van der Waals surface area (Å²) in [5, 5.41) is 3.85. The van der Waals surface area contributed by atoms with Gasteiger partial charge in [0.15, 0.2) is 18.1 Å². The average molecular weight is 365 g/mol. The number of hydrogen-bond acceptors (Lipinski definition) is 4. The first-order valence-corrected chi connectivity index (χ1v) is 7.53. The van der Waals surface area contributed by atoms with Crippen molar-refractivity contribution in [1.29, 1.82) is 0 Å². The van der Waals surface area contributed by atoms with Gasteiger partial charge >= 0.3 is 0 Å². The quantitative estimate of drug-likeness (QED) is 0.779. The van der Waals surface area contributed by atoms with Gasteiger partial charge in [0.2, 0.25) is 0 Å². The molecule has 1 amide bonds. The fraction of sp³-hybridized carbons (Fsp3) is 0.562. The molecule has 3 N–H and O–H groups in total. The predicted octanol–water partition coefficient (Wildman–Crippen LogP) is 3.16. The van der Waals surface area contributed by atoms with E-state index in [1.54, 1.807) is 6.07 Å². The topological polar surface area (TPSA) is 73.6 Å². The Morgan fingerprint density at radius 2 is 2.00 bits per heavy atom. The highest BCUT2D eigenvalue weighted by Gasteiger charge is 2.20. The van der Waals surface area contributed by atoms with E-state index in [4.69, 9.17) is 26.8 Å². The highest BCUT2D eigenvalue weighted by atomic mass is 35.5. The third-order valence-corrected chi connectivity index (χ3v) is 3.84. The number of rotatable bonds is 7. The molecule has 1 aromatic rings. The molecule has 0 fully saturated rings. The summed E-state index contributed by atoms with van der Waals surface area (Å²) in [7, 11) is 1.53. The number of amides is 1. The van der Waals surface area contributed by atoms with Crippen molar-refractivity contribution < 1.29 is 14.3 Å². The lowest BCUT2D eigenvalue weighted by atomic mass is 9.88. The highest BCUT2D eigenvalue weighted by Crippen LogP contribution is 2.36. The van der Waals surface area contributed by atoms with Crippen LogP contribution in [0.25, 0.3) is 0 Å². The molecule has 0 aliphatic rings. The Kier molecular flexibility index (Phi) is 8.74. The molecular weight excluding hydrogens is 339 g/mol. The molecule has 0 bridgehead atoms. The Bertz CT molecular complexity index is 531. The minimum atomic E-state index is -0.567. The summed E-state index contributed by atoms with van der Waals surface area (Å²) in [6.45, 7) is 9.10. The highest BCUT2D eigenvalue weighted by molar-refractivity contribution is 6.32. The summed E-state index contributed by atoms with van der Waals surface area (Å²) in [5.41, 5.74) is 6.22. The van der Waals surface area contributed by atoms with E-state index in [2.05, 4.69) is 33.0 Å². The number of carbonyl (C=O) groups is 1. The van der Waals surface area contributed by atoms with Gasteiger partial charge in [0.05, 0.1) is 12.1 Å². The number of ether oxygens (including phenoxy) is 2. The normalized spacial score (nSPS) is 12.3. The van der Waals surface area contributed by atoms with Crippen molar-refractivity contribution in [3.8, 4) is 11.5 Å². The number of benzene rings is 1. The molecule has 0 heterocycles. The van der Waals surface area contributed by atoms with Gasteiger partial charge in [-0.1, -0.05) is 32.4 Å². The summed E-state index contributed by atoms with van der Waals surface area (Å²) >= 11 is 6.22. The fourth-order valence-corrected chi connectivity index (χ4v) is 2.02. The van der Waals surface area contributed by atoms with Gasteiger partial charge in [-0.15, -0.1) is 12.4 Å². The van der Waals surface area contributed by atoms with E-state index in [1.165, 1.54) is 7.11 Å². The van der Waals surface area contributed by atoms with Gasteiger partial charge in [0.25, 0.3) is 5.91 Å². The third-order valence-electron chi connectivity index (χ3n) is 3.56. The third kappa shape index (κ3) is 6.85. The summed E-state index contributed by atoms with van der Waals surface area (Å²) in [5.74, 6) is 0.243. The van der Waals surface area contributed by atoms with Crippen molar-refractivity contribution in [3.63, 3.8) is 0 Å². The maximum Gasteiger partial charge on any atom is 0.255 e. The van der Waals surface area contributed by atoms with Crippen molar-refractivity contribution in [3.05, 3.63) is 22.7 Å². The number of primary amides is 1. The molecule has 1 atom stereocenters. The monoisotopic (exact) mass is 364 g/mol. The number of nitrogens with one attached hydrogen (secondary N) is 1. The van der Waals surface area contributed by atoms with Gasteiger partial charge in [-0.25, -0.2) is 0 Å². The van der Waals surface area contributed by atoms with Crippen molar-refractivity contribution in [1.82, 2.24) is 5.32 Å². The second-order valence-electron chi connectivity index (χ2n) is 6.33. The molecular formula is C16H26Cl2N2O3. The Hall–Kier alpha value is -1.17. The molecule has 0 spiro atoms. The smallest absolute Gasteiger partial charge is 0.255 e. The molecule has 1 unspecified atom stereocenters. The van der Waals surface area contributed by atoms with Gasteiger partial charge < -0.3 is 20.5 Å². The molecule has 7 heteroatoms. The van der Waals surface area contributed by atoms with Crippen LogP contribution in [-0.2, 0) is 11.3 Å². The van der Waals surface area contributed by atoms with Crippen molar-refractivity contribution >= 4 is 29.9 Å². The van der Waals surface area contributed by atoms with Gasteiger partial charge in [-0.05, 0) is 30.0 Å². The van der Waals surface area contributed by atoms with E-state index in [0.717, 1.165) is 5.56 Å². The number of carbonyl (C=O) groups excluding carboxylic acids is 1. The first-order valence-electron chi connectivity index (χ1n) is 7.16. The standard InChI is InChI=1S/C16H25ClN2O3.ClH/c1-10(16(2,3)4)19-8-11-6-12(17)15(13(7-11)21-5)22-9-14(18)20;/h6-7,10,19H,8-9H2,1-5H3,(H2,18,20);1H. The molecule has 0 radical (unpaired) electrons. The predicted molar refractivity (Wildman–Crippen MR) is 95.7 cm³/mol.